The van der Waals surface area contributed by atoms with Crippen molar-refractivity contribution in [3.8, 4) is 0 Å². The van der Waals surface area contributed by atoms with Gasteiger partial charge in [0.1, 0.15) is 0 Å². The molecule has 2 rings (SSSR count). The van der Waals surface area contributed by atoms with Crippen LogP contribution in [0.4, 0.5) is 0 Å². The van der Waals surface area contributed by atoms with Crippen molar-refractivity contribution in [3.05, 3.63) is 88.7 Å². The molecule has 2 aromatic rings. The van der Waals surface area contributed by atoms with E-state index in [2.05, 4.69) is 10.3 Å². The van der Waals surface area contributed by atoms with Crippen molar-refractivity contribution >= 4 is 11.7 Å². The number of amides is 1. The van der Waals surface area contributed by atoms with Crippen molar-refractivity contribution in [1.29, 1.82) is 5.39 Å². The maximum absolute atomic E-state index is 12.5. The van der Waals surface area contributed by atoms with Crippen LogP contribution in [0.3, 0.4) is 0 Å². The molecule has 0 heterocycles. The highest BCUT2D eigenvalue weighted by molar-refractivity contribution is 6.05. The minimum Gasteiger partial charge on any atom is -0.504 e. The molecule has 1 atom stereocenters. The first-order chi connectivity index (χ1) is 11.1. The highest BCUT2D eigenvalue weighted by Gasteiger charge is 2.28. The number of hydrogen-bond acceptors (Lipinski definition) is 4. The summed E-state index contributed by atoms with van der Waals surface area (Å²) in [5.41, 5.74) is 0.649. The predicted octanol–water partition coefficient (Wildman–Crippen LogP) is 2.92. The van der Waals surface area contributed by atoms with Gasteiger partial charge in [0.05, 0.1) is 0 Å². The summed E-state index contributed by atoms with van der Waals surface area (Å²) in [6.07, 6.45) is 0.705. The minimum absolute atomic E-state index is 0.309. The van der Waals surface area contributed by atoms with Gasteiger partial charge in [0, 0.05) is 11.1 Å². The summed E-state index contributed by atoms with van der Waals surface area (Å²) < 4.78 is 0. The lowest BCUT2D eigenvalue weighted by Crippen LogP contribution is -2.42. The van der Waals surface area contributed by atoms with Crippen molar-refractivity contribution in [2.24, 2.45) is 0 Å². The zero-order valence-corrected chi connectivity index (χ0v) is 12.1. The Labute approximate surface area is 132 Å². The van der Waals surface area contributed by atoms with E-state index in [1.807, 2.05) is 0 Å². The molecule has 0 aliphatic carbocycles. The number of nitrogens with zero attached hydrogens (tertiary/aromatic N) is 2. The van der Waals surface area contributed by atoms with E-state index in [4.69, 9.17) is 5.39 Å². The quantitative estimate of drug-likeness (QED) is 0.504. The number of diazo groups is 1. The van der Waals surface area contributed by atoms with Gasteiger partial charge in [0.2, 0.25) is 11.2 Å². The van der Waals surface area contributed by atoms with Crippen LogP contribution in [0, 0.1) is 5.39 Å². The summed E-state index contributed by atoms with van der Waals surface area (Å²) in [5.74, 6) is -1.62. The van der Waals surface area contributed by atoms with Crippen molar-refractivity contribution in [2.75, 3.05) is 0 Å². The van der Waals surface area contributed by atoms with Gasteiger partial charge in [-0.3, -0.25) is 9.59 Å². The number of ketones is 1. The van der Waals surface area contributed by atoms with Crippen molar-refractivity contribution < 1.29 is 14.7 Å². The Morgan fingerprint density at radius 3 is 2.04 bits per heavy atom. The van der Waals surface area contributed by atoms with Crippen LogP contribution in [0.1, 0.15) is 20.7 Å². The number of benzene rings is 2. The average molecular weight is 308 g/mol. The molecule has 0 aliphatic rings. The monoisotopic (exact) mass is 308 g/mol. The molecule has 23 heavy (non-hydrogen) atoms. The molecule has 6 nitrogen and oxygen atoms in total. The highest BCUT2D eigenvalue weighted by Crippen LogP contribution is 2.11. The molecule has 0 aromatic heterocycles. The molecule has 0 fully saturated rings. The molecule has 2 N–H and O–H groups in total. The second-order valence-corrected chi connectivity index (χ2v) is 4.67. The minimum atomic E-state index is -1.35. The summed E-state index contributed by atoms with van der Waals surface area (Å²) >= 11 is 0. The predicted molar refractivity (Wildman–Crippen MR) is 84.3 cm³/mol. The second kappa shape index (κ2) is 7.52. The topological polar surface area (TPSA) is 94.5 Å². The molecule has 1 unspecified atom stereocenters. The molecule has 0 saturated heterocycles. The van der Waals surface area contributed by atoms with Gasteiger partial charge in [-0.25, -0.2) is 0 Å². The number of rotatable bonds is 5. The van der Waals surface area contributed by atoms with Crippen LogP contribution in [0.2, 0.25) is 0 Å². The van der Waals surface area contributed by atoms with Crippen molar-refractivity contribution in [1.82, 2.24) is 5.32 Å². The number of aliphatic hydroxyl groups excluding tert-OH is 1. The zero-order valence-electron chi connectivity index (χ0n) is 12.1. The van der Waals surface area contributed by atoms with Crippen molar-refractivity contribution in [2.45, 2.75) is 6.04 Å². The summed E-state index contributed by atoms with van der Waals surface area (Å²) in [5, 5.41) is 20.9. The highest BCUT2D eigenvalue weighted by atomic mass is 16.3. The SMILES string of the molecule is N#[N+]/C=C(\O)C(NC(=O)c1ccccc1)C(=O)c1ccccc1. The van der Waals surface area contributed by atoms with Gasteiger partial charge < -0.3 is 10.4 Å². The Bertz CT molecular complexity index is 765. The number of Topliss-reactive ketones (excluding diaryl/α,β-unsaturated/α-hetero) is 1. The summed E-state index contributed by atoms with van der Waals surface area (Å²) in [4.78, 5) is 27.4. The third-order valence-corrected chi connectivity index (χ3v) is 3.12. The van der Waals surface area contributed by atoms with E-state index >= 15 is 0 Å². The van der Waals surface area contributed by atoms with E-state index in [1.165, 1.54) is 0 Å². The number of carbonyl (C=O) groups excluding carboxylic acids is 2. The summed E-state index contributed by atoms with van der Waals surface area (Å²) in [7, 11) is 0. The number of aliphatic hydroxyl groups is 1. The first-order valence-electron chi connectivity index (χ1n) is 6.82. The van der Waals surface area contributed by atoms with Crippen LogP contribution in [0.15, 0.2) is 72.6 Å². The van der Waals surface area contributed by atoms with E-state index in [0.717, 1.165) is 0 Å². The Balaban J connectivity index is 2.29. The van der Waals surface area contributed by atoms with Crippen LogP contribution in [-0.2, 0) is 0 Å². The maximum atomic E-state index is 12.5. The second-order valence-electron chi connectivity index (χ2n) is 4.67. The Hall–Kier alpha value is -3.46. The lowest BCUT2D eigenvalue weighted by molar-refractivity contribution is 0.0852. The Kier molecular flexibility index (Phi) is 5.21. The van der Waals surface area contributed by atoms with Gasteiger partial charge in [-0.05, 0) is 12.1 Å². The van der Waals surface area contributed by atoms with Crippen molar-refractivity contribution in [3.63, 3.8) is 0 Å². The smallest absolute Gasteiger partial charge is 0.390 e. The molecule has 0 radical (unpaired) electrons. The van der Waals surface area contributed by atoms with Gasteiger partial charge in [-0.1, -0.05) is 48.5 Å². The fourth-order valence-electron chi connectivity index (χ4n) is 1.98. The zero-order chi connectivity index (χ0) is 16.7. The molecular weight excluding hydrogens is 294 g/mol. The fraction of sp³-hybridized carbons (Fsp3) is 0.0588. The van der Waals surface area contributed by atoms with Gasteiger partial charge in [0.15, 0.2) is 16.8 Å². The first kappa shape index (κ1) is 15.9. The molecule has 6 heteroatoms. The fourth-order valence-corrected chi connectivity index (χ4v) is 1.98. The van der Waals surface area contributed by atoms with E-state index < -0.39 is 23.5 Å². The summed E-state index contributed by atoms with van der Waals surface area (Å²) in [6, 6.07) is 15.1. The largest absolute Gasteiger partial charge is 0.504 e. The van der Waals surface area contributed by atoms with E-state index in [0.29, 0.717) is 17.3 Å². The lowest BCUT2D eigenvalue weighted by atomic mass is 10.0. The molecule has 114 valence electrons. The summed E-state index contributed by atoms with van der Waals surface area (Å²) in [6.45, 7) is 0. The van der Waals surface area contributed by atoms with E-state index in [1.54, 1.807) is 60.7 Å². The van der Waals surface area contributed by atoms with Gasteiger partial charge in [-0.15, -0.1) is 0 Å². The van der Waals surface area contributed by atoms with Gasteiger partial charge >= 0.3 is 6.20 Å². The number of hydrogen-bond donors (Lipinski definition) is 2. The Morgan fingerprint density at radius 2 is 1.52 bits per heavy atom. The van der Waals surface area contributed by atoms with E-state index in [9.17, 15) is 14.7 Å². The molecular formula is C17H14N3O3+. The third kappa shape index (κ3) is 4.02. The molecule has 0 spiro atoms. The molecule has 0 aliphatic heterocycles. The van der Waals surface area contributed by atoms with Crippen LogP contribution >= 0.6 is 0 Å². The normalized spacial score (nSPS) is 12.0. The first-order valence-corrected chi connectivity index (χ1v) is 6.82. The van der Waals surface area contributed by atoms with Gasteiger partial charge in [0.25, 0.3) is 5.91 Å². The molecule has 1 amide bonds. The van der Waals surface area contributed by atoms with Crippen LogP contribution in [0.25, 0.3) is 4.98 Å². The number of carbonyl (C=O) groups is 2. The molecule has 0 saturated carbocycles. The number of nitrogens with one attached hydrogen (secondary N) is 1. The third-order valence-electron chi connectivity index (χ3n) is 3.12. The molecule has 0 bridgehead atoms. The van der Waals surface area contributed by atoms with E-state index in [-0.39, 0.29) is 0 Å². The molecule has 2 aromatic carbocycles. The van der Waals surface area contributed by atoms with Crippen LogP contribution < -0.4 is 5.32 Å². The average Bonchev–Trinajstić information content (AvgIpc) is 2.60. The maximum Gasteiger partial charge on any atom is 0.390 e. The van der Waals surface area contributed by atoms with Crippen LogP contribution in [0.5, 0.6) is 0 Å². The van der Waals surface area contributed by atoms with Gasteiger partial charge in [-0.2, -0.15) is 0 Å². The Morgan fingerprint density at radius 1 is 1.00 bits per heavy atom. The lowest BCUT2D eigenvalue weighted by Gasteiger charge is -2.15. The standard InChI is InChI=1S/C17H13N3O3/c18-19-11-14(21)15(16(22)12-7-3-1-4-8-12)20-17(23)13-9-5-2-6-10-13/h1-11,15H,(H-,20,21,23)/p+1/b14-11-. The van der Waals surface area contributed by atoms with Crippen LogP contribution in [-0.4, -0.2) is 22.8 Å².